The first kappa shape index (κ1) is 16.2. The van der Waals surface area contributed by atoms with Gasteiger partial charge in [-0.3, -0.25) is 9.59 Å². The molecule has 1 aliphatic carbocycles. The predicted octanol–water partition coefficient (Wildman–Crippen LogP) is 1.85. The van der Waals surface area contributed by atoms with Crippen LogP contribution in [0.2, 0.25) is 0 Å². The van der Waals surface area contributed by atoms with Crippen molar-refractivity contribution in [2.75, 3.05) is 33.0 Å². The Balaban J connectivity index is 1.34. The molecule has 134 valence electrons. The predicted molar refractivity (Wildman–Crippen MR) is 91.4 cm³/mol. The molecule has 0 N–H and O–H groups in total. The summed E-state index contributed by atoms with van der Waals surface area (Å²) < 4.78 is 10.8. The van der Waals surface area contributed by atoms with Crippen LogP contribution < -0.4 is 9.47 Å². The Kier molecular flexibility index (Phi) is 4.06. The van der Waals surface area contributed by atoms with E-state index in [-0.39, 0.29) is 36.4 Å². The number of fused-ring (bicyclic) bond motifs is 1. The lowest BCUT2D eigenvalue weighted by Crippen LogP contribution is -2.52. The minimum Gasteiger partial charge on any atom is -0.454 e. The molecule has 0 spiro atoms. The van der Waals surface area contributed by atoms with Crippen molar-refractivity contribution in [2.24, 2.45) is 11.8 Å². The van der Waals surface area contributed by atoms with E-state index in [2.05, 4.69) is 0 Å². The zero-order chi connectivity index (χ0) is 17.6. The fraction of sp³-hybridized carbons (Fsp3) is 0.579. The smallest absolute Gasteiger partial charge is 0.231 e. The summed E-state index contributed by atoms with van der Waals surface area (Å²) in [5.41, 5.74) is 1.15. The van der Waals surface area contributed by atoms with Crippen molar-refractivity contribution in [3.05, 3.63) is 23.8 Å². The van der Waals surface area contributed by atoms with E-state index in [4.69, 9.17) is 9.47 Å². The fourth-order valence-corrected chi connectivity index (χ4v) is 3.73. The summed E-state index contributed by atoms with van der Waals surface area (Å²) >= 11 is 0. The molecule has 2 heterocycles. The molecule has 2 unspecified atom stereocenters. The second-order valence-electron chi connectivity index (χ2n) is 7.37. The van der Waals surface area contributed by atoms with Crippen LogP contribution in [0.3, 0.4) is 0 Å². The Labute approximate surface area is 147 Å². The first-order valence-corrected chi connectivity index (χ1v) is 9.01. The number of rotatable bonds is 3. The number of ether oxygens (including phenoxy) is 2. The molecule has 2 atom stereocenters. The lowest BCUT2D eigenvalue weighted by atomic mass is 10.1. The molecule has 3 aliphatic rings. The van der Waals surface area contributed by atoms with Gasteiger partial charge >= 0.3 is 0 Å². The molecule has 1 aromatic carbocycles. The minimum atomic E-state index is 0.0149. The Bertz CT molecular complexity index is 695. The molecule has 0 radical (unpaired) electrons. The number of piperazine rings is 1. The van der Waals surface area contributed by atoms with Crippen molar-refractivity contribution in [1.29, 1.82) is 0 Å². The summed E-state index contributed by atoms with van der Waals surface area (Å²) in [6.07, 6.45) is 0.892. The number of carbonyl (C=O) groups excluding carboxylic acids is 2. The summed E-state index contributed by atoms with van der Waals surface area (Å²) in [7, 11) is 0. The number of hydrogen-bond donors (Lipinski definition) is 0. The van der Waals surface area contributed by atoms with Crippen molar-refractivity contribution < 1.29 is 19.1 Å². The molecule has 1 saturated heterocycles. The third kappa shape index (κ3) is 3.05. The highest BCUT2D eigenvalue weighted by Crippen LogP contribution is 2.50. The van der Waals surface area contributed by atoms with Gasteiger partial charge in [0.2, 0.25) is 18.6 Å². The molecule has 2 amide bonds. The molecule has 2 fully saturated rings. The van der Waals surface area contributed by atoms with Crippen molar-refractivity contribution in [1.82, 2.24) is 9.80 Å². The summed E-state index contributed by atoms with van der Waals surface area (Å²) in [5, 5.41) is 0. The monoisotopic (exact) mass is 344 g/mol. The molecular weight excluding hydrogens is 320 g/mol. The first-order valence-electron chi connectivity index (χ1n) is 9.01. The van der Waals surface area contributed by atoms with E-state index in [1.165, 1.54) is 0 Å². The fourth-order valence-electron chi connectivity index (χ4n) is 3.73. The van der Waals surface area contributed by atoms with Crippen molar-refractivity contribution in [3.63, 3.8) is 0 Å². The Hall–Kier alpha value is -2.24. The lowest BCUT2D eigenvalue weighted by Gasteiger charge is -2.35. The van der Waals surface area contributed by atoms with Crippen LogP contribution in [0.4, 0.5) is 0 Å². The van der Waals surface area contributed by atoms with Gasteiger partial charge in [0, 0.05) is 38.0 Å². The van der Waals surface area contributed by atoms with E-state index in [1.807, 2.05) is 41.8 Å². The standard InChI is InChI=1S/C19H24N2O4/c1-12(2)18(22)20-5-7-21(8-6-20)19(23)15-10-14(15)13-3-4-16-17(9-13)25-11-24-16/h3-4,9,12,14-15H,5-8,10-11H2,1-2H3. The van der Waals surface area contributed by atoms with Gasteiger partial charge < -0.3 is 19.3 Å². The van der Waals surface area contributed by atoms with Crippen LogP contribution in [0.1, 0.15) is 31.7 Å². The van der Waals surface area contributed by atoms with Gasteiger partial charge in [-0.1, -0.05) is 19.9 Å². The van der Waals surface area contributed by atoms with Gasteiger partial charge in [-0.25, -0.2) is 0 Å². The average molecular weight is 344 g/mol. The molecule has 6 heteroatoms. The molecule has 0 aromatic heterocycles. The maximum Gasteiger partial charge on any atom is 0.231 e. The topological polar surface area (TPSA) is 59.1 Å². The van der Waals surface area contributed by atoms with Crippen molar-refractivity contribution in [3.8, 4) is 11.5 Å². The first-order chi connectivity index (χ1) is 12.0. The SMILES string of the molecule is CC(C)C(=O)N1CCN(C(=O)C2CC2c2ccc3c(c2)OCO3)CC1. The summed E-state index contributed by atoms with van der Waals surface area (Å²) in [5.74, 6) is 2.30. The maximum absolute atomic E-state index is 12.8. The number of nitrogens with zero attached hydrogens (tertiary/aromatic N) is 2. The molecule has 2 aliphatic heterocycles. The van der Waals surface area contributed by atoms with Gasteiger partial charge in [-0.05, 0) is 30.0 Å². The second-order valence-corrected chi connectivity index (χ2v) is 7.37. The summed E-state index contributed by atoms with van der Waals surface area (Å²) in [6, 6.07) is 5.96. The zero-order valence-electron chi connectivity index (χ0n) is 14.7. The summed E-state index contributed by atoms with van der Waals surface area (Å²) in [4.78, 5) is 28.6. The van der Waals surface area contributed by atoms with Crippen LogP contribution in [-0.2, 0) is 9.59 Å². The summed E-state index contributed by atoms with van der Waals surface area (Å²) in [6.45, 7) is 6.67. The van der Waals surface area contributed by atoms with Crippen LogP contribution in [0.15, 0.2) is 18.2 Å². The molecule has 25 heavy (non-hydrogen) atoms. The van der Waals surface area contributed by atoms with Gasteiger partial charge in [0.05, 0.1) is 0 Å². The molecule has 1 saturated carbocycles. The van der Waals surface area contributed by atoms with Crippen LogP contribution in [-0.4, -0.2) is 54.6 Å². The minimum absolute atomic E-state index is 0.0149. The highest BCUT2D eigenvalue weighted by molar-refractivity contribution is 5.84. The molecule has 0 bridgehead atoms. The lowest BCUT2D eigenvalue weighted by molar-refractivity contribution is -0.142. The molecular formula is C19H24N2O4. The van der Waals surface area contributed by atoms with E-state index in [0.29, 0.717) is 26.2 Å². The maximum atomic E-state index is 12.8. The van der Waals surface area contributed by atoms with Gasteiger partial charge in [-0.15, -0.1) is 0 Å². The number of amides is 2. The van der Waals surface area contributed by atoms with E-state index in [9.17, 15) is 9.59 Å². The third-order valence-electron chi connectivity index (χ3n) is 5.33. The van der Waals surface area contributed by atoms with E-state index in [1.54, 1.807) is 0 Å². The number of hydrogen-bond acceptors (Lipinski definition) is 4. The molecule has 6 nitrogen and oxygen atoms in total. The van der Waals surface area contributed by atoms with Gasteiger partial charge in [0.25, 0.3) is 0 Å². The second kappa shape index (κ2) is 6.24. The highest BCUT2D eigenvalue weighted by atomic mass is 16.7. The van der Waals surface area contributed by atoms with Crippen LogP contribution in [0.5, 0.6) is 11.5 Å². The Morgan fingerprint density at radius 1 is 1.04 bits per heavy atom. The van der Waals surface area contributed by atoms with Crippen LogP contribution in [0, 0.1) is 11.8 Å². The van der Waals surface area contributed by atoms with Gasteiger partial charge in [-0.2, -0.15) is 0 Å². The quantitative estimate of drug-likeness (QED) is 0.840. The Morgan fingerprint density at radius 2 is 1.72 bits per heavy atom. The van der Waals surface area contributed by atoms with E-state index in [0.717, 1.165) is 23.5 Å². The Morgan fingerprint density at radius 3 is 2.44 bits per heavy atom. The van der Waals surface area contributed by atoms with E-state index < -0.39 is 0 Å². The van der Waals surface area contributed by atoms with Gasteiger partial charge in [0.1, 0.15) is 0 Å². The van der Waals surface area contributed by atoms with Gasteiger partial charge in [0.15, 0.2) is 11.5 Å². The number of benzene rings is 1. The molecule has 4 rings (SSSR count). The van der Waals surface area contributed by atoms with E-state index >= 15 is 0 Å². The zero-order valence-corrected chi connectivity index (χ0v) is 14.7. The molecule has 1 aromatic rings. The average Bonchev–Trinajstić information content (AvgIpc) is 3.29. The number of carbonyl (C=O) groups is 2. The third-order valence-corrected chi connectivity index (χ3v) is 5.33. The van der Waals surface area contributed by atoms with Crippen molar-refractivity contribution in [2.45, 2.75) is 26.2 Å². The largest absolute Gasteiger partial charge is 0.454 e. The van der Waals surface area contributed by atoms with Crippen LogP contribution >= 0.6 is 0 Å². The van der Waals surface area contributed by atoms with Crippen molar-refractivity contribution >= 4 is 11.8 Å². The highest BCUT2D eigenvalue weighted by Gasteiger charge is 2.46. The van der Waals surface area contributed by atoms with Crippen LogP contribution in [0.25, 0.3) is 0 Å². The normalized spacial score (nSPS) is 24.6.